The fourth-order valence-corrected chi connectivity index (χ4v) is 4.08. The summed E-state index contributed by atoms with van der Waals surface area (Å²) >= 11 is 0. The Morgan fingerprint density at radius 2 is 1.67 bits per heavy atom. The molecule has 8 nitrogen and oxygen atoms in total. The lowest BCUT2D eigenvalue weighted by atomic mass is 10.2. The molecule has 1 atom stereocenters. The maximum absolute atomic E-state index is 13.3. The summed E-state index contributed by atoms with van der Waals surface area (Å²) in [5.41, 5.74) is 0.813. The van der Waals surface area contributed by atoms with Gasteiger partial charge in [0.2, 0.25) is 11.8 Å². The molecule has 0 spiro atoms. The number of benzene rings is 2. The number of nitrogens with zero attached hydrogens (tertiary/aromatic N) is 1. The first-order valence-corrected chi connectivity index (χ1v) is 10.9. The van der Waals surface area contributed by atoms with Gasteiger partial charge in [-0.25, -0.2) is 8.42 Å². The fraction of sp³-hybridized carbons (Fsp3) is 0.333. The largest absolute Gasteiger partial charge is 0.497 e. The molecule has 0 aromatic heterocycles. The van der Waals surface area contributed by atoms with Crippen molar-refractivity contribution < 1.29 is 22.7 Å². The predicted octanol–water partition coefficient (Wildman–Crippen LogP) is 2.76. The first kappa shape index (κ1) is 23.2. The van der Waals surface area contributed by atoms with Crippen LogP contribution in [0.4, 0.5) is 11.4 Å². The van der Waals surface area contributed by atoms with Crippen molar-refractivity contribution in [2.75, 3.05) is 23.3 Å². The summed E-state index contributed by atoms with van der Waals surface area (Å²) in [4.78, 5) is 23.7. The topological polar surface area (TPSA) is 105 Å². The Labute approximate surface area is 177 Å². The molecule has 0 aliphatic carbocycles. The number of amides is 2. The fourth-order valence-electron chi connectivity index (χ4n) is 2.66. The molecular weight excluding hydrogens is 406 g/mol. The standard InChI is InChI=1S/C21H27N3O5S/c1-5-15(2)22-21(26)14-24(18-8-10-19(29-4)11-9-18)30(27,28)20-12-6-17(7-13-20)23-16(3)25/h6-13,15H,5,14H2,1-4H3,(H,22,26)(H,23,25)/t15-/m0/s1. The summed E-state index contributed by atoms with van der Waals surface area (Å²) < 4.78 is 32.9. The van der Waals surface area contributed by atoms with Gasteiger partial charge < -0.3 is 15.4 Å². The summed E-state index contributed by atoms with van der Waals surface area (Å²) in [6.45, 7) is 4.78. The van der Waals surface area contributed by atoms with Crippen molar-refractivity contribution >= 4 is 33.2 Å². The maximum atomic E-state index is 13.3. The number of methoxy groups -OCH3 is 1. The van der Waals surface area contributed by atoms with Crippen LogP contribution in [0, 0.1) is 0 Å². The van der Waals surface area contributed by atoms with E-state index in [1.54, 1.807) is 24.3 Å². The highest BCUT2D eigenvalue weighted by Crippen LogP contribution is 2.26. The SMILES string of the molecule is CC[C@H](C)NC(=O)CN(c1ccc(OC)cc1)S(=O)(=O)c1ccc(NC(C)=O)cc1. The summed E-state index contributed by atoms with van der Waals surface area (Å²) in [5.74, 6) is -0.0920. The van der Waals surface area contributed by atoms with Crippen LogP contribution in [0.5, 0.6) is 5.75 Å². The lowest BCUT2D eigenvalue weighted by Crippen LogP contribution is -2.43. The van der Waals surface area contributed by atoms with E-state index in [9.17, 15) is 18.0 Å². The van der Waals surface area contributed by atoms with Crippen molar-refractivity contribution in [2.24, 2.45) is 0 Å². The zero-order valence-electron chi connectivity index (χ0n) is 17.5. The van der Waals surface area contributed by atoms with Crippen LogP contribution in [0.3, 0.4) is 0 Å². The molecule has 2 rings (SSSR count). The molecule has 0 radical (unpaired) electrons. The van der Waals surface area contributed by atoms with Crippen molar-refractivity contribution in [3.05, 3.63) is 48.5 Å². The van der Waals surface area contributed by atoms with E-state index in [0.717, 1.165) is 10.7 Å². The third kappa shape index (κ3) is 5.96. The van der Waals surface area contributed by atoms with Crippen molar-refractivity contribution in [2.45, 2.75) is 38.1 Å². The molecule has 0 saturated heterocycles. The van der Waals surface area contributed by atoms with Crippen LogP contribution in [-0.2, 0) is 19.6 Å². The zero-order chi connectivity index (χ0) is 22.3. The van der Waals surface area contributed by atoms with E-state index in [2.05, 4.69) is 10.6 Å². The van der Waals surface area contributed by atoms with Crippen LogP contribution in [0.15, 0.2) is 53.4 Å². The second-order valence-corrected chi connectivity index (χ2v) is 8.65. The van der Waals surface area contributed by atoms with Crippen LogP contribution >= 0.6 is 0 Å². The van der Waals surface area contributed by atoms with E-state index >= 15 is 0 Å². The van der Waals surface area contributed by atoms with Crippen LogP contribution in [-0.4, -0.2) is 39.9 Å². The number of carbonyl (C=O) groups excluding carboxylic acids is 2. The molecule has 0 aliphatic rings. The number of nitrogens with one attached hydrogen (secondary N) is 2. The number of carbonyl (C=O) groups is 2. The van der Waals surface area contributed by atoms with Crippen molar-refractivity contribution in [1.29, 1.82) is 0 Å². The number of hydrogen-bond acceptors (Lipinski definition) is 5. The number of anilines is 2. The molecule has 2 aromatic rings. The average Bonchev–Trinajstić information content (AvgIpc) is 2.72. The molecule has 0 aliphatic heterocycles. The Morgan fingerprint density at radius 1 is 1.07 bits per heavy atom. The molecule has 2 amide bonds. The van der Waals surface area contributed by atoms with Gasteiger partial charge in [-0.05, 0) is 61.9 Å². The molecule has 2 N–H and O–H groups in total. The first-order valence-electron chi connectivity index (χ1n) is 9.51. The molecule has 0 unspecified atom stereocenters. The highest BCUT2D eigenvalue weighted by molar-refractivity contribution is 7.92. The van der Waals surface area contributed by atoms with Crippen LogP contribution in [0.25, 0.3) is 0 Å². The molecule has 162 valence electrons. The van der Waals surface area contributed by atoms with Gasteiger partial charge in [0.15, 0.2) is 0 Å². The van der Waals surface area contributed by atoms with Gasteiger partial charge in [-0.3, -0.25) is 13.9 Å². The Balaban J connectivity index is 2.40. The molecule has 0 bridgehead atoms. The summed E-state index contributed by atoms with van der Waals surface area (Å²) in [7, 11) is -2.52. The molecular formula is C21H27N3O5S. The van der Waals surface area contributed by atoms with E-state index in [-0.39, 0.29) is 23.4 Å². The summed E-state index contributed by atoms with van der Waals surface area (Å²) in [6, 6.07) is 12.1. The average molecular weight is 434 g/mol. The van der Waals surface area contributed by atoms with Crippen molar-refractivity contribution in [1.82, 2.24) is 5.32 Å². The van der Waals surface area contributed by atoms with Gasteiger partial charge in [-0.2, -0.15) is 0 Å². The number of ether oxygens (including phenoxy) is 1. The third-order valence-corrected chi connectivity index (χ3v) is 6.22. The minimum atomic E-state index is -4.04. The van der Waals surface area contributed by atoms with Gasteiger partial charge in [-0.1, -0.05) is 6.92 Å². The molecule has 0 saturated carbocycles. The van der Waals surface area contributed by atoms with E-state index in [1.807, 2.05) is 13.8 Å². The molecule has 0 fully saturated rings. The van der Waals surface area contributed by atoms with E-state index in [1.165, 1.54) is 38.3 Å². The summed E-state index contributed by atoms with van der Waals surface area (Å²) in [6.07, 6.45) is 0.728. The molecule has 9 heteroatoms. The minimum Gasteiger partial charge on any atom is -0.497 e. The van der Waals surface area contributed by atoms with Crippen LogP contribution < -0.4 is 19.7 Å². The van der Waals surface area contributed by atoms with Gasteiger partial charge in [0.1, 0.15) is 12.3 Å². The Bertz CT molecular complexity index is 973. The number of hydrogen-bond donors (Lipinski definition) is 2. The Hall–Kier alpha value is -3.07. The first-order chi connectivity index (χ1) is 14.2. The van der Waals surface area contributed by atoms with Crippen molar-refractivity contribution in [3.8, 4) is 5.75 Å². The second-order valence-electron chi connectivity index (χ2n) is 6.79. The van der Waals surface area contributed by atoms with Crippen molar-refractivity contribution in [3.63, 3.8) is 0 Å². The Morgan fingerprint density at radius 3 is 2.17 bits per heavy atom. The maximum Gasteiger partial charge on any atom is 0.264 e. The lowest BCUT2D eigenvalue weighted by Gasteiger charge is -2.25. The van der Waals surface area contributed by atoms with Gasteiger partial charge in [0.25, 0.3) is 10.0 Å². The molecule has 0 heterocycles. The van der Waals surface area contributed by atoms with E-state index < -0.39 is 15.9 Å². The van der Waals surface area contributed by atoms with Crippen LogP contribution in [0.2, 0.25) is 0 Å². The highest BCUT2D eigenvalue weighted by Gasteiger charge is 2.27. The minimum absolute atomic E-state index is 0.00348. The number of rotatable bonds is 9. The molecule has 30 heavy (non-hydrogen) atoms. The van der Waals surface area contributed by atoms with Crippen LogP contribution in [0.1, 0.15) is 27.2 Å². The number of sulfonamides is 1. The normalized spacial score (nSPS) is 12.0. The highest BCUT2D eigenvalue weighted by atomic mass is 32.2. The monoisotopic (exact) mass is 433 g/mol. The van der Waals surface area contributed by atoms with E-state index in [0.29, 0.717) is 17.1 Å². The van der Waals surface area contributed by atoms with Gasteiger partial charge in [0, 0.05) is 18.7 Å². The second kappa shape index (κ2) is 10.1. The Kier molecular flexibility index (Phi) is 7.82. The smallest absolute Gasteiger partial charge is 0.264 e. The molecule has 2 aromatic carbocycles. The predicted molar refractivity (Wildman–Crippen MR) is 116 cm³/mol. The summed E-state index contributed by atoms with van der Waals surface area (Å²) in [5, 5.41) is 5.38. The van der Waals surface area contributed by atoms with Gasteiger partial charge >= 0.3 is 0 Å². The third-order valence-electron chi connectivity index (χ3n) is 4.43. The van der Waals surface area contributed by atoms with Gasteiger partial charge in [-0.15, -0.1) is 0 Å². The lowest BCUT2D eigenvalue weighted by molar-refractivity contribution is -0.120. The van der Waals surface area contributed by atoms with Gasteiger partial charge in [0.05, 0.1) is 17.7 Å². The quantitative estimate of drug-likeness (QED) is 0.633. The van der Waals surface area contributed by atoms with E-state index in [4.69, 9.17) is 4.74 Å². The zero-order valence-corrected chi connectivity index (χ0v) is 18.3.